The van der Waals surface area contributed by atoms with Crippen LogP contribution >= 0.6 is 0 Å². The lowest BCUT2D eigenvalue weighted by Gasteiger charge is -2.33. The molecular formula is C17H22N6O2. The predicted molar refractivity (Wildman–Crippen MR) is 90.1 cm³/mol. The van der Waals surface area contributed by atoms with E-state index in [-0.39, 0.29) is 17.7 Å². The van der Waals surface area contributed by atoms with Crippen molar-refractivity contribution in [2.24, 2.45) is 11.7 Å². The lowest BCUT2D eigenvalue weighted by molar-refractivity contribution is -0.136. The molecule has 1 aliphatic heterocycles. The molecule has 8 heteroatoms. The number of nitrogens with two attached hydrogens (primary N) is 1. The number of hydrogen-bond donors (Lipinski definition) is 1. The number of piperidine rings is 1. The Balaban J connectivity index is 1.69. The SMILES string of the molecule is NC(=O)CC1CCN(C(=O)[C@H](Cc2ccccc2)n2cnnn2)CC1. The van der Waals surface area contributed by atoms with Crippen LogP contribution in [0.4, 0.5) is 0 Å². The highest BCUT2D eigenvalue weighted by molar-refractivity contribution is 5.81. The molecule has 0 bridgehead atoms. The lowest BCUT2D eigenvalue weighted by Crippen LogP contribution is -2.43. The Morgan fingerprint density at radius 2 is 1.92 bits per heavy atom. The Bertz CT molecular complexity index is 695. The normalized spacial score (nSPS) is 16.6. The second-order valence-electron chi connectivity index (χ2n) is 6.43. The molecule has 2 heterocycles. The number of amides is 2. The Morgan fingerprint density at radius 3 is 2.52 bits per heavy atom. The lowest BCUT2D eigenvalue weighted by atomic mass is 9.92. The largest absolute Gasteiger partial charge is 0.370 e. The van der Waals surface area contributed by atoms with E-state index >= 15 is 0 Å². The summed E-state index contributed by atoms with van der Waals surface area (Å²) in [5.74, 6) is -0.00346. The van der Waals surface area contributed by atoms with Gasteiger partial charge in [-0.25, -0.2) is 4.68 Å². The van der Waals surface area contributed by atoms with E-state index in [2.05, 4.69) is 15.5 Å². The van der Waals surface area contributed by atoms with Gasteiger partial charge in [0.15, 0.2) is 0 Å². The molecule has 132 valence electrons. The van der Waals surface area contributed by atoms with E-state index in [0.717, 1.165) is 18.4 Å². The molecule has 1 aromatic carbocycles. The average molecular weight is 342 g/mol. The summed E-state index contributed by atoms with van der Waals surface area (Å²) >= 11 is 0. The highest BCUT2D eigenvalue weighted by Gasteiger charge is 2.30. The topological polar surface area (TPSA) is 107 Å². The van der Waals surface area contributed by atoms with Crippen molar-refractivity contribution in [1.29, 1.82) is 0 Å². The van der Waals surface area contributed by atoms with Crippen LogP contribution in [0.5, 0.6) is 0 Å². The van der Waals surface area contributed by atoms with E-state index in [4.69, 9.17) is 5.73 Å². The summed E-state index contributed by atoms with van der Waals surface area (Å²) in [6.45, 7) is 1.26. The first kappa shape index (κ1) is 17.1. The van der Waals surface area contributed by atoms with E-state index in [0.29, 0.717) is 25.9 Å². The van der Waals surface area contributed by atoms with Gasteiger partial charge >= 0.3 is 0 Å². The van der Waals surface area contributed by atoms with Crippen molar-refractivity contribution in [3.63, 3.8) is 0 Å². The molecule has 1 fully saturated rings. The molecule has 0 spiro atoms. The highest BCUT2D eigenvalue weighted by atomic mass is 16.2. The van der Waals surface area contributed by atoms with Crippen LogP contribution in [-0.4, -0.2) is 50.0 Å². The molecule has 1 atom stereocenters. The Labute approximate surface area is 146 Å². The molecule has 0 unspecified atom stereocenters. The quantitative estimate of drug-likeness (QED) is 0.826. The summed E-state index contributed by atoms with van der Waals surface area (Å²) < 4.78 is 1.52. The van der Waals surface area contributed by atoms with E-state index in [9.17, 15) is 9.59 Å². The number of nitrogens with zero attached hydrogens (tertiary/aromatic N) is 5. The number of rotatable bonds is 6. The van der Waals surface area contributed by atoms with Gasteiger partial charge in [-0.2, -0.15) is 0 Å². The molecule has 2 amide bonds. The maximum atomic E-state index is 13.0. The van der Waals surface area contributed by atoms with Crippen LogP contribution in [0.25, 0.3) is 0 Å². The van der Waals surface area contributed by atoms with Crippen molar-refractivity contribution < 1.29 is 9.59 Å². The predicted octanol–water partition coefficient (Wildman–Crippen LogP) is 0.571. The van der Waals surface area contributed by atoms with Crippen molar-refractivity contribution in [2.75, 3.05) is 13.1 Å². The molecule has 0 aliphatic carbocycles. The van der Waals surface area contributed by atoms with Gasteiger partial charge < -0.3 is 10.6 Å². The number of aromatic nitrogens is 4. The Kier molecular flexibility index (Phi) is 5.37. The second kappa shape index (κ2) is 7.87. The van der Waals surface area contributed by atoms with Gasteiger partial charge in [0, 0.05) is 25.9 Å². The van der Waals surface area contributed by atoms with Gasteiger partial charge in [-0.1, -0.05) is 30.3 Å². The number of primary amides is 1. The molecule has 1 aromatic heterocycles. The number of tetrazole rings is 1. The molecule has 8 nitrogen and oxygen atoms in total. The van der Waals surface area contributed by atoms with Crippen LogP contribution < -0.4 is 5.73 Å². The Hall–Kier alpha value is -2.77. The summed E-state index contributed by atoms with van der Waals surface area (Å²) in [6.07, 6.45) is 3.99. The fourth-order valence-corrected chi connectivity index (χ4v) is 3.30. The van der Waals surface area contributed by atoms with Gasteiger partial charge in [0.2, 0.25) is 11.8 Å². The van der Waals surface area contributed by atoms with Crippen LogP contribution in [0, 0.1) is 5.92 Å². The van der Waals surface area contributed by atoms with Gasteiger partial charge in [0.25, 0.3) is 0 Å². The summed E-state index contributed by atoms with van der Waals surface area (Å²) in [5.41, 5.74) is 6.33. The van der Waals surface area contributed by atoms with Crippen molar-refractivity contribution >= 4 is 11.8 Å². The van der Waals surface area contributed by atoms with Crippen molar-refractivity contribution in [1.82, 2.24) is 25.1 Å². The van der Waals surface area contributed by atoms with Crippen LogP contribution in [-0.2, 0) is 16.0 Å². The number of benzene rings is 1. The van der Waals surface area contributed by atoms with Crippen LogP contribution in [0.2, 0.25) is 0 Å². The monoisotopic (exact) mass is 342 g/mol. The third-order valence-corrected chi connectivity index (χ3v) is 4.66. The van der Waals surface area contributed by atoms with E-state index in [1.165, 1.54) is 11.0 Å². The minimum absolute atomic E-state index is 0.00804. The summed E-state index contributed by atoms with van der Waals surface area (Å²) in [7, 11) is 0. The molecule has 0 radical (unpaired) electrons. The number of carbonyl (C=O) groups is 2. The fourth-order valence-electron chi connectivity index (χ4n) is 3.30. The second-order valence-corrected chi connectivity index (χ2v) is 6.43. The maximum absolute atomic E-state index is 13.0. The minimum atomic E-state index is -0.468. The molecule has 2 aromatic rings. The first-order chi connectivity index (χ1) is 12.1. The number of hydrogen-bond acceptors (Lipinski definition) is 5. The Morgan fingerprint density at radius 1 is 1.20 bits per heavy atom. The van der Waals surface area contributed by atoms with Crippen molar-refractivity contribution in [3.8, 4) is 0 Å². The molecular weight excluding hydrogens is 320 g/mol. The molecule has 25 heavy (non-hydrogen) atoms. The zero-order valence-electron chi connectivity index (χ0n) is 14.0. The van der Waals surface area contributed by atoms with Gasteiger partial charge in [0.05, 0.1) is 0 Å². The van der Waals surface area contributed by atoms with Gasteiger partial charge in [-0.3, -0.25) is 9.59 Å². The fraction of sp³-hybridized carbons (Fsp3) is 0.471. The standard InChI is InChI=1S/C17H22N6O2/c18-16(24)11-14-6-8-22(9-7-14)17(25)15(23-12-19-20-21-23)10-13-4-2-1-3-5-13/h1-5,12,14-15H,6-11H2,(H2,18,24)/t15-/m0/s1. The first-order valence-corrected chi connectivity index (χ1v) is 8.47. The third kappa shape index (κ3) is 4.40. The van der Waals surface area contributed by atoms with E-state index in [1.54, 1.807) is 0 Å². The molecule has 1 aliphatic rings. The average Bonchev–Trinajstić information content (AvgIpc) is 3.14. The molecule has 1 saturated heterocycles. The van der Waals surface area contributed by atoms with Gasteiger partial charge in [-0.05, 0) is 34.7 Å². The van der Waals surface area contributed by atoms with E-state index < -0.39 is 6.04 Å². The molecule has 2 N–H and O–H groups in total. The zero-order chi connectivity index (χ0) is 17.6. The summed E-state index contributed by atoms with van der Waals surface area (Å²) in [5, 5.41) is 11.3. The zero-order valence-corrected chi connectivity index (χ0v) is 14.0. The number of likely N-dealkylation sites (tertiary alicyclic amines) is 1. The molecule has 0 saturated carbocycles. The van der Waals surface area contributed by atoms with Crippen molar-refractivity contribution in [2.45, 2.75) is 31.7 Å². The smallest absolute Gasteiger partial charge is 0.247 e. The maximum Gasteiger partial charge on any atom is 0.247 e. The van der Waals surface area contributed by atoms with Crippen LogP contribution in [0.3, 0.4) is 0 Å². The van der Waals surface area contributed by atoms with Gasteiger partial charge in [-0.15, -0.1) is 5.10 Å². The first-order valence-electron chi connectivity index (χ1n) is 8.47. The van der Waals surface area contributed by atoms with Crippen LogP contribution in [0.1, 0.15) is 30.9 Å². The summed E-state index contributed by atoms with van der Waals surface area (Å²) in [4.78, 5) is 26.0. The third-order valence-electron chi connectivity index (χ3n) is 4.66. The molecule has 3 rings (SSSR count). The highest BCUT2D eigenvalue weighted by Crippen LogP contribution is 2.23. The number of carbonyl (C=O) groups excluding carboxylic acids is 2. The van der Waals surface area contributed by atoms with Crippen LogP contribution in [0.15, 0.2) is 36.7 Å². The minimum Gasteiger partial charge on any atom is -0.370 e. The van der Waals surface area contributed by atoms with Gasteiger partial charge in [0.1, 0.15) is 12.4 Å². The summed E-state index contributed by atoms with van der Waals surface area (Å²) in [6, 6.07) is 9.36. The van der Waals surface area contributed by atoms with E-state index in [1.807, 2.05) is 35.2 Å². The van der Waals surface area contributed by atoms with Crippen molar-refractivity contribution in [3.05, 3.63) is 42.2 Å².